The van der Waals surface area contributed by atoms with Crippen LogP contribution >= 0.6 is 0 Å². The summed E-state index contributed by atoms with van der Waals surface area (Å²) in [4.78, 5) is 4.35. The number of hydrogen-bond acceptors (Lipinski definition) is 1. The van der Waals surface area contributed by atoms with Crippen LogP contribution in [0.5, 0.6) is 0 Å². The van der Waals surface area contributed by atoms with Crippen molar-refractivity contribution in [3.05, 3.63) is 35.9 Å². The van der Waals surface area contributed by atoms with Gasteiger partial charge in [0.1, 0.15) is 0 Å². The number of guanidine groups is 1. The quantitative estimate of drug-likeness (QED) is 0.652. The maximum atomic E-state index is 4.35. The first-order chi connectivity index (χ1) is 9.73. The number of benzene rings is 1. The lowest BCUT2D eigenvalue weighted by molar-refractivity contribution is 0.244. The molecule has 1 aromatic carbocycles. The Morgan fingerprint density at radius 3 is 2.50 bits per heavy atom. The molecule has 20 heavy (non-hydrogen) atoms. The molecule has 108 valence electrons. The number of hydrogen-bond donors (Lipinski definition) is 2. The summed E-state index contributed by atoms with van der Waals surface area (Å²) < 4.78 is 0. The second-order valence-electron chi connectivity index (χ2n) is 6.39. The molecule has 2 unspecified atom stereocenters. The van der Waals surface area contributed by atoms with E-state index in [1.165, 1.54) is 31.2 Å². The maximum Gasteiger partial charge on any atom is 0.191 e. The molecule has 3 rings (SSSR count). The summed E-state index contributed by atoms with van der Waals surface area (Å²) in [5.41, 5.74) is 1.78. The first-order valence-electron chi connectivity index (χ1n) is 7.76. The van der Waals surface area contributed by atoms with E-state index in [4.69, 9.17) is 0 Å². The molecule has 0 aliphatic heterocycles. The highest BCUT2D eigenvalue weighted by atomic mass is 15.2. The molecule has 0 heterocycles. The number of nitrogens with one attached hydrogen (secondary N) is 2. The fraction of sp³-hybridized carbons (Fsp3) is 0.588. The van der Waals surface area contributed by atoms with Crippen molar-refractivity contribution >= 4 is 5.96 Å². The summed E-state index contributed by atoms with van der Waals surface area (Å²) in [6.07, 6.45) is 5.16. The molecular formula is C17H25N3. The summed E-state index contributed by atoms with van der Waals surface area (Å²) in [5.74, 6) is 1.75. The highest BCUT2D eigenvalue weighted by molar-refractivity contribution is 5.80. The van der Waals surface area contributed by atoms with Gasteiger partial charge in [0.2, 0.25) is 0 Å². The van der Waals surface area contributed by atoms with Crippen molar-refractivity contribution in [3.8, 4) is 0 Å². The van der Waals surface area contributed by atoms with Gasteiger partial charge in [0.15, 0.2) is 5.96 Å². The minimum atomic E-state index is 0.314. The van der Waals surface area contributed by atoms with Gasteiger partial charge in [-0.2, -0.15) is 0 Å². The first kappa shape index (κ1) is 13.5. The van der Waals surface area contributed by atoms with Gasteiger partial charge in [-0.1, -0.05) is 43.7 Å². The molecule has 2 aliphatic rings. The summed E-state index contributed by atoms with van der Waals surface area (Å²) >= 11 is 0. The largest absolute Gasteiger partial charge is 0.356 e. The van der Waals surface area contributed by atoms with E-state index in [1.807, 2.05) is 7.05 Å². The van der Waals surface area contributed by atoms with Gasteiger partial charge in [-0.15, -0.1) is 0 Å². The molecule has 0 radical (unpaired) electrons. The van der Waals surface area contributed by atoms with E-state index in [0.717, 1.165) is 18.4 Å². The monoisotopic (exact) mass is 271 g/mol. The van der Waals surface area contributed by atoms with Gasteiger partial charge in [0.25, 0.3) is 0 Å². The van der Waals surface area contributed by atoms with Crippen LogP contribution in [-0.2, 0) is 5.41 Å². The Bertz CT molecular complexity index is 476. The predicted molar refractivity (Wildman–Crippen MR) is 84.0 cm³/mol. The lowest BCUT2D eigenvalue weighted by Crippen LogP contribution is -2.49. The number of nitrogens with zero attached hydrogens (tertiary/aromatic N) is 1. The average Bonchev–Trinajstić information content (AvgIpc) is 3.13. The molecule has 2 saturated carbocycles. The van der Waals surface area contributed by atoms with Crippen LogP contribution in [0.3, 0.4) is 0 Å². The lowest BCUT2D eigenvalue weighted by atomic mass is 9.64. The van der Waals surface area contributed by atoms with Crippen LogP contribution < -0.4 is 10.6 Å². The van der Waals surface area contributed by atoms with Crippen LogP contribution in [0.15, 0.2) is 35.3 Å². The highest BCUT2D eigenvalue weighted by Gasteiger charge is 2.39. The van der Waals surface area contributed by atoms with Gasteiger partial charge in [0.05, 0.1) is 0 Å². The van der Waals surface area contributed by atoms with Gasteiger partial charge in [-0.3, -0.25) is 4.99 Å². The molecule has 0 amide bonds. The topological polar surface area (TPSA) is 36.4 Å². The summed E-state index contributed by atoms with van der Waals surface area (Å²) in [7, 11) is 1.86. The van der Waals surface area contributed by atoms with Gasteiger partial charge < -0.3 is 10.6 Å². The third kappa shape index (κ3) is 2.67. The van der Waals surface area contributed by atoms with E-state index < -0.39 is 0 Å². The summed E-state index contributed by atoms with van der Waals surface area (Å²) in [6, 6.07) is 11.5. The zero-order chi connectivity index (χ0) is 14.0. The minimum absolute atomic E-state index is 0.314. The third-order valence-corrected chi connectivity index (χ3v) is 4.95. The Morgan fingerprint density at radius 1 is 1.30 bits per heavy atom. The normalized spacial score (nSPS) is 27.6. The van der Waals surface area contributed by atoms with E-state index in [-0.39, 0.29) is 0 Å². The molecule has 0 spiro atoms. The van der Waals surface area contributed by atoms with Crippen molar-refractivity contribution in [2.24, 2.45) is 10.9 Å². The number of rotatable bonds is 4. The van der Waals surface area contributed by atoms with Crippen LogP contribution in [0.1, 0.15) is 38.2 Å². The standard InChI is InChI=1S/C17H25N3/c1-13-11-15(13)20-16(18-2)19-12-17(9-6-10-17)14-7-4-3-5-8-14/h3-5,7-8,13,15H,6,9-12H2,1-2H3,(H2,18,19,20). The molecule has 2 fully saturated rings. The Balaban J connectivity index is 1.61. The molecule has 1 aromatic rings. The Labute approximate surface area is 121 Å². The summed E-state index contributed by atoms with van der Waals surface area (Å²) in [5, 5.41) is 7.04. The van der Waals surface area contributed by atoms with Gasteiger partial charge in [0, 0.05) is 25.0 Å². The van der Waals surface area contributed by atoms with Crippen LogP contribution in [0.2, 0.25) is 0 Å². The molecule has 0 aromatic heterocycles. The van der Waals surface area contributed by atoms with E-state index >= 15 is 0 Å². The minimum Gasteiger partial charge on any atom is -0.356 e. The third-order valence-electron chi connectivity index (χ3n) is 4.95. The van der Waals surface area contributed by atoms with E-state index in [2.05, 4.69) is 52.9 Å². The van der Waals surface area contributed by atoms with Gasteiger partial charge in [-0.25, -0.2) is 0 Å². The van der Waals surface area contributed by atoms with E-state index in [0.29, 0.717) is 11.5 Å². The Hall–Kier alpha value is -1.51. The molecule has 2 N–H and O–H groups in total. The van der Waals surface area contributed by atoms with Crippen molar-refractivity contribution < 1.29 is 0 Å². The smallest absolute Gasteiger partial charge is 0.191 e. The van der Waals surface area contributed by atoms with Crippen LogP contribution in [0, 0.1) is 5.92 Å². The molecule has 3 nitrogen and oxygen atoms in total. The predicted octanol–water partition coefficient (Wildman–Crippen LogP) is 2.68. The van der Waals surface area contributed by atoms with Crippen molar-refractivity contribution in [3.63, 3.8) is 0 Å². The lowest BCUT2D eigenvalue weighted by Gasteiger charge is -2.43. The second-order valence-corrected chi connectivity index (χ2v) is 6.39. The molecular weight excluding hydrogens is 246 g/mol. The fourth-order valence-electron chi connectivity index (χ4n) is 3.11. The molecule has 2 atom stereocenters. The molecule has 2 aliphatic carbocycles. The Kier molecular flexibility index (Phi) is 3.68. The maximum absolute atomic E-state index is 4.35. The SMILES string of the molecule is CN=C(NCC1(c2ccccc2)CCC1)NC1CC1C. The second kappa shape index (κ2) is 5.47. The van der Waals surface area contributed by atoms with Crippen molar-refractivity contribution in [2.75, 3.05) is 13.6 Å². The summed E-state index contributed by atoms with van der Waals surface area (Å²) in [6.45, 7) is 3.26. The van der Waals surface area contributed by atoms with Gasteiger partial charge >= 0.3 is 0 Å². The van der Waals surface area contributed by atoms with E-state index in [9.17, 15) is 0 Å². The van der Waals surface area contributed by atoms with Crippen molar-refractivity contribution in [1.82, 2.24) is 10.6 Å². The zero-order valence-corrected chi connectivity index (χ0v) is 12.5. The van der Waals surface area contributed by atoms with Crippen LogP contribution in [0.25, 0.3) is 0 Å². The zero-order valence-electron chi connectivity index (χ0n) is 12.5. The van der Waals surface area contributed by atoms with Crippen LogP contribution in [0.4, 0.5) is 0 Å². The van der Waals surface area contributed by atoms with E-state index in [1.54, 1.807) is 0 Å². The Morgan fingerprint density at radius 2 is 2.00 bits per heavy atom. The van der Waals surface area contributed by atoms with Crippen LogP contribution in [-0.4, -0.2) is 25.6 Å². The molecule has 0 saturated heterocycles. The van der Waals surface area contributed by atoms with Gasteiger partial charge in [-0.05, 0) is 30.7 Å². The first-order valence-corrected chi connectivity index (χ1v) is 7.76. The highest BCUT2D eigenvalue weighted by Crippen LogP contribution is 2.43. The fourth-order valence-corrected chi connectivity index (χ4v) is 3.11. The van der Waals surface area contributed by atoms with Crippen molar-refractivity contribution in [2.45, 2.75) is 44.1 Å². The molecule has 0 bridgehead atoms. The average molecular weight is 271 g/mol. The number of aliphatic imine (C=N–C) groups is 1. The van der Waals surface area contributed by atoms with Crippen molar-refractivity contribution in [1.29, 1.82) is 0 Å². The molecule has 3 heteroatoms.